The smallest absolute Gasteiger partial charge is 0.301 e. The van der Waals surface area contributed by atoms with Crippen molar-refractivity contribution >= 4 is 44.1 Å². The fourth-order valence-corrected chi connectivity index (χ4v) is 5.63. The first-order chi connectivity index (χ1) is 18.9. The summed E-state index contributed by atoms with van der Waals surface area (Å²) in [4.78, 5) is 33.1. The second-order valence-electron chi connectivity index (χ2n) is 8.54. The highest BCUT2D eigenvalue weighted by Crippen LogP contribution is 2.48. The molecule has 1 amide bonds. The molecule has 0 radical (unpaired) electrons. The molecule has 1 saturated heterocycles. The maximum absolute atomic E-state index is 13.6. The molecule has 0 spiro atoms. The number of aliphatic hydroxyl groups excluding tert-OH is 1. The van der Waals surface area contributed by atoms with E-state index >= 15 is 0 Å². The third-order valence-corrected chi connectivity index (χ3v) is 7.42. The van der Waals surface area contributed by atoms with Crippen LogP contribution in [0.15, 0.2) is 66.2 Å². The van der Waals surface area contributed by atoms with Crippen LogP contribution in [0.5, 0.6) is 23.0 Å². The monoisotopic (exact) mass is 546 g/mol. The van der Waals surface area contributed by atoms with Crippen LogP contribution in [0.4, 0.5) is 5.13 Å². The van der Waals surface area contributed by atoms with E-state index in [1.807, 2.05) is 13.0 Å². The van der Waals surface area contributed by atoms with Gasteiger partial charge in [0, 0.05) is 11.1 Å². The number of aliphatic hydroxyl groups is 1. The summed E-state index contributed by atoms with van der Waals surface area (Å²) in [5.74, 6) is 0.0210. The molecule has 0 aliphatic carbocycles. The van der Waals surface area contributed by atoms with E-state index in [0.717, 1.165) is 4.70 Å². The first-order valence-electron chi connectivity index (χ1n) is 12.1. The zero-order chi connectivity index (χ0) is 27.7. The molecule has 3 aromatic carbocycles. The molecule has 0 saturated carbocycles. The van der Waals surface area contributed by atoms with Crippen LogP contribution in [0.1, 0.15) is 24.1 Å². The van der Waals surface area contributed by atoms with Crippen LogP contribution in [0.25, 0.3) is 16.0 Å². The molecule has 1 atom stereocenters. The van der Waals surface area contributed by atoms with E-state index in [9.17, 15) is 14.7 Å². The van der Waals surface area contributed by atoms with Crippen LogP contribution >= 0.6 is 11.3 Å². The molecule has 1 aliphatic heterocycles. The normalized spacial score (nSPS) is 16.5. The highest BCUT2D eigenvalue weighted by Gasteiger charge is 2.49. The minimum Gasteiger partial charge on any atom is -0.507 e. The minimum absolute atomic E-state index is 0.0902. The Kier molecular flexibility index (Phi) is 7.12. The highest BCUT2D eigenvalue weighted by atomic mass is 32.1. The van der Waals surface area contributed by atoms with Crippen molar-refractivity contribution in [2.75, 3.05) is 32.8 Å². The van der Waals surface area contributed by atoms with E-state index in [1.54, 1.807) is 61.7 Å². The number of thiazole rings is 1. The van der Waals surface area contributed by atoms with Crippen LogP contribution in [0, 0.1) is 0 Å². The molecule has 0 bridgehead atoms. The summed E-state index contributed by atoms with van der Waals surface area (Å²) in [5.41, 5.74) is 1.37. The van der Waals surface area contributed by atoms with Gasteiger partial charge in [-0.15, -0.1) is 0 Å². The molecule has 0 unspecified atom stereocenters. The molecule has 1 fully saturated rings. The Morgan fingerprint density at radius 2 is 1.72 bits per heavy atom. The van der Waals surface area contributed by atoms with Gasteiger partial charge in [-0.25, -0.2) is 4.98 Å². The number of amides is 1. The number of fused-ring (bicyclic) bond motifs is 1. The van der Waals surface area contributed by atoms with Crippen LogP contribution in [-0.4, -0.2) is 49.7 Å². The van der Waals surface area contributed by atoms with Gasteiger partial charge >= 0.3 is 5.91 Å². The van der Waals surface area contributed by atoms with Gasteiger partial charge in [-0.05, 0) is 55.5 Å². The lowest BCUT2D eigenvalue weighted by Gasteiger charge is -2.25. The summed E-state index contributed by atoms with van der Waals surface area (Å²) in [5, 5.41) is 11.7. The summed E-state index contributed by atoms with van der Waals surface area (Å²) in [6.07, 6.45) is 0. The average Bonchev–Trinajstić information content (AvgIpc) is 3.49. The zero-order valence-corrected chi connectivity index (χ0v) is 22.6. The molecule has 1 aliphatic rings. The Balaban J connectivity index is 1.74. The number of ether oxygens (including phenoxy) is 4. The van der Waals surface area contributed by atoms with Crippen molar-refractivity contribution in [3.63, 3.8) is 0 Å². The van der Waals surface area contributed by atoms with Crippen molar-refractivity contribution in [1.29, 1.82) is 0 Å². The Bertz CT molecular complexity index is 1590. The molecule has 10 heteroatoms. The number of anilines is 1. The minimum atomic E-state index is -1.04. The second-order valence-corrected chi connectivity index (χ2v) is 9.55. The second kappa shape index (κ2) is 10.7. The highest BCUT2D eigenvalue weighted by molar-refractivity contribution is 7.22. The number of ketones is 1. The average molecular weight is 547 g/mol. The van der Waals surface area contributed by atoms with E-state index in [4.69, 9.17) is 18.9 Å². The summed E-state index contributed by atoms with van der Waals surface area (Å²) in [7, 11) is 4.54. The van der Waals surface area contributed by atoms with E-state index in [0.29, 0.717) is 51.4 Å². The predicted molar refractivity (Wildman–Crippen MR) is 148 cm³/mol. The maximum atomic E-state index is 13.6. The molecule has 1 aromatic heterocycles. The molecule has 1 N–H and O–H groups in total. The van der Waals surface area contributed by atoms with Crippen molar-refractivity contribution in [2.24, 2.45) is 0 Å². The van der Waals surface area contributed by atoms with Crippen molar-refractivity contribution in [3.8, 4) is 23.0 Å². The number of benzene rings is 3. The summed E-state index contributed by atoms with van der Waals surface area (Å²) in [6.45, 7) is 2.36. The first-order valence-corrected chi connectivity index (χ1v) is 12.9. The third-order valence-electron chi connectivity index (χ3n) is 6.40. The Labute approximate surface area is 228 Å². The Morgan fingerprint density at radius 3 is 2.38 bits per heavy atom. The summed E-state index contributed by atoms with van der Waals surface area (Å²) < 4.78 is 22.8. The molecule has 5 rings (SSSR count). The van der Waals surface area contributed by atoms with Gasteiger partial charge in [0.1, 0.15) is 23.3 Å². The number of hydrogen-bond acceptors (Lipinski definition) is 9. The van der Waals surface area contributed by atoms with Crippen molar-refractivity contribution in [2.45, 2.75) is 13.0 Å². The SMILES string of the molecule is CCOc1ccc(C(O)=C2C(=O)C(=O)N(c3nc4ccc(OC)cc4s3)[C@@H]2c2cccc(OC)c2OC)cc1. The molecule has 4 aromatic rings. The van der Waals surface area contributed by atoms with E-state index in [1.165, 1.54) is 30.5 Å². The Hall–Kier alpha value is -4.57. The third kappa shape index (κ3) is 4.52. The molecule has 2 heterocycles. The van der Waals surface area contributed by atoms with Crippen LogP contribution in [-0.2, 0) is 9.59 Å². The van der Waals surface area contributed by atoms with Crippen molar-refractivity contribution in [1.82, 2.24) is 4.98 Å². The number of carbonyl (C=O) groups excluding carboxylic acids is 2. The standard InChI is InChI=1S/C29H26N2O7S/c1-5-38-17-11-9-16(10-12-17)25(32)23-24(19-7-6-8-21(36-3)27(19)37-4)31(28(34)26(23)33)29-30-20-14-13-18(35-2)15-22(20)39-29/h6-15,24,32H,5H2,1-4H3/t24-/m1/s1. The van der Waals surface area contributed by atoms with E-state index < -0.39 is 17.7 Å². The fourth-order valence-electron chi connectivity index (χ4n) is 4.61. The van der Waals surface area contributed by atoms with Gasteiger partial charge < -0.3 is 24.1 Å². The molecule has 39 heavy (non-hydrogen) atoms. The van der Waals surface area contributed by atoms with Gasteiger partial charge in [0.05, 0.1) is 43.7 Å². The lowest BCUT2D eigenvalue weighted by Crippen LogP contribution is -2.29. The first kappa shape index (κ1) is 26.1. The van der Waals surface area contributed by atoms with E-state index in [-0.39, 0.29) is 11.3 Å². The number of carbonyl (C=O) groups is 2. The van der Waals surface area contributed by atoms with Crippen LogP contribution < -0.4 is 23.8 Å². The molecular formula is C29H26N2O7S. The van der Waals surface area contributed by atoms with Crippen molar-refractivity contribution < 1.29 is 33.6 Å². The van der Waals surface area contributed by atoms with Gasteiger partial charge in [0.25, 0.3) is 5.78 Å². The number of hydrogen-bond donors (Lipinski definition) is 1. The zero-order valence-electron chi connectivity index (χ0n) is 21.8. The van der Waals surface area contributed by atoms with Gasteiger partial charge in [0.15, 0.2) is 16.6 Å². The lowest BCUT2D eigenvalue weighted by molar-refractivity contribution is -0.132. The molecule has 200 valence electrons. The van der Waals surface area contributed by atoms with Gasteiger partial charge in [-0.3, -0.25) is 14.5 Å². The number of Topliss-reactive ketones (excluding diaryl/α,β-unsaturated/α-hetero) is 1. The number of aromatic nitrogens is 1. The molecule has 9 nitrogen and oxygen atoms in total. The topological polar surface area (TPSA) is 107 Å². The van der Waals surface area contributed by atoms with E-state index in [2.05, 4.69) is 4.98 Å². The summed E-state index contributed by atoms with van der Waals surface area (Å²) >= 11 is 1.24. The largest absolute Gasteiger partial charge is 0.507 e. The van der Waals surface area contributed by atoms with Gasteiger partial charge in [-0.1, -0.05) is 23.5 Å². The molecular weight excluding hydrogens is 520 g/mol. The van der Waals surface area contributed by atoms with Crippen LogP contribution in [0.2, 0.25) is 0 Å². The van der Waals surface area contributed by atoms with Gasteiger partial charge in [0.2, 0.25) is 0 Å². The van der Waals surface area contributed by atoms with Crippen LogP contribution in [0.3, 0.4) is 0 Å². The fraction of sp³-hybridized carbons (Fsp3) is 0.207. The predicted octanol–water partition coefficient (Wildman–Crippen LogP) is 5.35. The van der Waals surface area contributed by atoms with Gasteiger partial charge in [-0.2, -0.15) is 0 Å². The number of methoxy groups -OCH3 is 3. The lowest BCUT2D eigenvalue weighted by atomic mass is 9.94. The van der Waals surface area contributed by atoms with Crippen molar-refractivity contribution in [3.05, 3.63) is 77.4 Å². The number of rotatable bonds is 8. The number of para-hydroxylation sites is 1. The number of nitrogens with zero attached hydrogens (tertiary/aromatic N) is 2. The quantitative estimate of drug-likeness (QED) is 0.179. The maximum Gasteiger partial charge on any atom is 0.301 e. The Morgan fingerprint density at radius 1 is 0.974 bits per heavy atom. The summed E-state index contributed by atoms with van der Waals surface area (Å²) in [6, 6.07) is 16.2.